The molecule has 1 aliphatic rings. The van der Waals surface area contributed by atoms with Gasteiger partial charge in [0.25, 0.3) is 0 Å². The Labute approximate surface area is 93.6 Å². The van der Waals surface area contributed by atoms with Crippen molar-refractivity contribution < 1.29 is 24.5 Å². The lowest BCUT2D eigenvalue weighted by Crippen LogP contribution is -2.39. The van der Waals surface area contributed by atoms with Crippen molar-refractivity contribution >= 4 is 11.9 Å². The van der Waals surface area contributed by atoms with Crippen LogP contribution in [0.2, 0.25) is 0 Å². The number of hydrogen-bond acceptors (Lipinski definition) is 4. The first-order chi connectivity index (χ1) is 7.54. The zero-order valence-electron chi connectivity index (χ0n) is 9.18. The first kappa shape index (κ1) is 12.9. The normalized spacial score (nSPS) is 26.4. The summed E-state index contributed by atoms with van der Waals surface area (Å²) in [7, 11) is 0. The molecule has 0 aromatic carbocycles. The number of carboxylic acids is 1. The Kier molecular flexibility index (Phi) is 4.70. The molecule has 6 nitrogen and oxygen atoms in total. The van der Waals surface area contributed by atoms with E-state index in [4.69, 9.17) is 9.84 Å². The van der Waals surface area contributed by atoms with Crippen molar-refractivity contribution in [2.75, 3.05) is 6.54 Å². The van der Waals surface area contributed by atoms with E-state index in [1.807, 2.05) is 6.92 Å². The van der Waals surface area contributed by atoms with Crippen LogP contribution in [0.5, 0.6) is 0 Å². The third-order valence-electron chi connectivity index (χ3n) is 2.57. The molecule has 1 saturated heterocycles. The molecular weight excluding hydrogens is 214 g/mol. The van der Waals surface area contributed by atoms with Crippen LogP contribution in [0.25, 0.3) is 0 Å². The Morgan fingerprint density at radius 3 is 2.56 bits per heavy atom. The molecule has 3 N–H and O–H groups in total. The van der Waals surface area contributed by atoms with Gasteiger partial charge in [0, 0.05) is 6.54 Å². The molecule has 3 unspecified atom stereocenters. The van der Waals surface area contributed by atoms with Crippen molar-refractivity contribution in [3.8, 4) is 0 Å². The summed E-state index contributed by atoms with van der Waals surface area (Å²) in [6.07, 6.45) is -0.837. The largest absolute Gasteiger partial charge is 0.479 e. The highest BCUT2D eigenvalue weighted by Crippen LogP contribution is 2.19. The van der Waals surface area contributed by atoms with E-state index in [-0.39, 0.29) is 12.5 Å². The Morgan fingerprint density at radius 2 is 2.06 bits per heavy atom. The number of amides is 1. The van der Waals surface area contributed by atoms with E-state index in [0.717, 1.165) is 0 Å². The van der Waals surface area contributed by atoms with Crippen LogP contribution < -0.4 is 5.32 Å². The van der Waals surface area contributed by atoms with Crippen molar-refractivity contribution in [2.24, 2.45) is 0 Å². The van der Waals surface area contributed by atoms with Gasteiger partial charge in [0.15, 0.2) is 6.10 Å². The van der Waals surface area contributed by atoms with Crippen molar-refractivity contribution in [2.45, 2.75) is 44.5 Å². The van der Waals surface area contributed by atoms with E-state index in [9.17, 15) is 14.7 Å². The van der Waals surface area contributed by atoms with Gasteiger partial charge in [0.2, 0.25) is 5.91 Å². The van der Waals surface area contributed by atoms with Crippen molar-refractivity contribution in [1.82, 2.24) is 5.32 Å². The van der Waals surface area contributed by atoms with Crippen LogP contribution in [0.4, 0.5) is 0 Å². The van der Waals surface area contributed by atoms with Crippen LogP contribution in [0, 0.1) is 0 Å². The Hall–Kier alpha value is -1.14. The van der Waals surface area contributed by atoms with Gasteiger partial charge in [-0.15, -0.1) is 0 Å². The van der Waals surface area contributed by atoms with Gasteiger partial charge in [0.05, 0.1) is 6.10 Å². The number of aliphatic hydroxyl groups excluding tert-OH is 1. The standard InChI is InChI=1S/C10H17NO5/c1-2-6(12)5-11-9(13)7-3-4-8(16-7)10(14)15/h6-8,12H,2-5H2,1H3,(H,11,13)(H,14,15). The molecular formula is C10H17NO5. The lowest BCUT2D eigenvalue weighted by molar-refractivity contribution is -0.151. The highest BCUT2D eigenvalue weighted by molar-refractivity contribution is 5.82. The monoisotopic (exact) mass is 231 g/mol. The smallest absolute Gasteiger partial charge is 0.332 e. The van der Waals surface area contributed by atoms with Gasteiger partial charge >= 0.3 is 5.97 Å². The molecule has 0 aliphatic carbocycles. The van der Waals surface area contributed by atoms with Crippen molar-refractivity contribution in [1.29, 1.82) is 0 Å². The van der Waals surface area contributed by atoms with E-state index < -0.39 is 24.3 Å². The number of carbonyl (C=O) groups is 2. The molecule has 0 spiro atoms. The fourth-order valence-corrected chi connectivity index (χ4v) is 1.49. The van der Waals surface area contributed by atoms with E-state index in [1.54, 1.807) is 0 Å². The minimum absolute atomic E-state index is 0.174. The summed E-state index contributed by atoms with van der Waals surface area (Å²) in [6, 6.07) is 0. The SMILES string of the molecule is CCC(O)CNC(=O)C1CCC(C(=O)O)O1. The van der Waals surface area contributed by atoms with Crippen LogP contribution in [-0.4, -0.2) is 46.9 Å². The van der Waals surface area contributed by atoms with E-state index in [1.165, 1.54) is 0 Å². The first-order valence-corrected chi connectivity index (χ1v) is 5.38. The number of nitrogens with one attached hydrogen (secondary N) is 1. The van der Waals surface area contributed by atoms with Gasteiger partial charge in [-0.25, -0.2) is 4.79 Å². The maximum atomic E-state index is 11.5. The summed E-state index contributed by atoms with van der Waals surface area (Å²) in [5.41, 5.74) is 0. The molecule has 16 heavy (non-hydrogen) atoms. The maximum Gasteiger partial charge on any atom is 0.332 e. The summed E-state index contributed by atoms with van der Waals surface area (Å²) in [4.78, 5) is 22.1. The second-order valence-corrected chi connectivity index (χ2v) is 3.84. The minimum Gasteiger partial charge on any atom is -0.479 e. The Morgan fingerprint density at radius 1 is 1.44 bits per heavy atom. The lowest BCUT2D eigenvalue weighted by atomic mass is 10.2. The fourth-order valence-electron chi connectivity index (χ4n) is 1.49. The van der Waals surface area contributed by atoms with Crippen molar-refractivity contribution in [3.63, 3.8) is 0 Å². The molecule has 92 valence electrons. The van der Waals surface area contributed by atoms with Gasteiger partial charge in [-0.1, -0.05) is 6.92 Å². The topological polar surface area (TPSA) is 95.9 Å². The lowest BCUT2D eigenvalue weighted by Gasteiger charge is -2.13. The van der Waals surface area contributed by atoms with Crippen LogP contribution in [0.15, 0.2) is 0 Å². The summed E-state index contributed by atoms with van der Waals surface area (Å²) < 4.78 is 5.06. The Bertz CT molecular complexity index is 268. The maximum absolute atomic E-state index is 11.5. The number of hydrogen-bond donors (Lipinski definition) is 3. The number of carboxylic acid groups (broad SMARTS) is 1. The second kappa shape index (κ2) is 5.81. The number of aliphatic hydroxyl groups is 1. The molecule has 3 atom stereocenters. The van der Waals surface area contributed by atoms with Gasteiger partial charge in [-0.05, 0) is 19.3 Å². The summed E-state index contributed by atoms with van der Waals surface area (Å²) in [5, 5.41) is 20.4. The minimum atomic E-state index is -1.04. The summed E-state index contributed by atoms with van der Waals surface area (Å²) >= 11 is 0. The van der Waals surface area contributed by atoms with E-state index in [2.05, 4.69) is 5.32 Å². The first-order valence-electron chi connectivity index (χ1n) is 5.38. The molecule has 1 rings (SSSR count). The fraction of sp³-hybridized carbons (Fsp3) is 0.800. The zero-order valence-corrected chi connectivity index (χ0v) is 9.18. The number of ether oxygens (including phenoxy) is 1. The highest BCUT2D eigenvalue weighted by atomic mass is 16.5. The predicted molar refractivity (Wildman–Crippen MR) is 54.8 cm³/mol. The van der Waals surface area contributed by atoms with Crippen LogP contribution >= 0.6 is 0 Å². The molecule has 0 radical (unpaired) electrons. The van der Waals surface area contributed by atoms with Crippen molar-refractivity contribution in [3.05, 3.63) is 0 Å². The third-order valence-corrected chi connectivity index (χ3v) is 2.57. The number of rotatable bonds is 5. The average Bonchev–Trinajstić information content (AvgIpc) is 2.74. The third kappa shape index (κ3) is 3.46. The molecule has 0 aromatic heterocycles. The second-order valence-electron chi connectivity index (χ2n) is 3.84. The molecule has 0 bridgehead atoms. The quantitative estimate of drug-likeness (QED) is 0.593. The number of aliphatic carboxylic acids is 1. The van der Waals surface area contributed by atoms with Crippen LogP contribution in [0.3, 0.4) is 0 Å². The summed E-state index contributed by atoms with van der Waals surface area (Å²) in [5.74, 6) is -1.39. The molecule has 0 saturated carbocycles. The zero-order chi connectivity index (χ0) is 12.1. The van der Waals surface area contributed by atoms with Gasteiger partial charge in [0.1, 0.15) is 6.10 Å². The van der Waals surface area contributed by atoms with Gasteiger partial charge in [-0.3, -0.25) is 4.79 Å². The van der Waals surface area contributed by atoms with Crippen LogP contribution in [0.1, 0.15) is 26.2 Å². The van der Waals surface area contributed by atoms with Gasteiger partial charge < -0.3 is 20.3 Å². The molecule has 1 heterocycles. The van der Waals surface area contributed by atoms with E-state index >= 15 is 0 Å². The number of carbonyl (C=O) groups excluding carboxylic acids is 1. The molecule has 1 fully saturated rings. The van der Waals surface area contributed by atoms with Crippen LogP contribution in [-0.2, 0) is 14.3 Å². The molecule has 0 aromatic rings. The summed E-state index contributed by atoms with van der Waals surface area (Å²) in [6.45, 7) is 1.98. The predicted octanol–water partition coefficient (Wildman–Crippen LogP) is -0.494. The molecule has 1 amide bonds. The Balaban J connectivity index is 2.31. The highest BCUT2D eigenvalue weighted by Gasteiger charge is 2.34. The molecule has 1 aliphatic heterocycles. The van der Waals surface area contributed by atoms with E-state index in [0.29, 0.717) is 19.3 Å². The average molecular weight is 231 g/mol. The van der Waals surface area contributed by atoms with Gasteiger partial charge in [-0.2, -0.15) is 0 Å². The molecule has 6 heteroatoms.